The van der Waals surface area contributed by atoms with Crippen LogP contribution in [0.1, 0.15) is 22.8 Å². The van der Waals surface area contributed by atoms with Crippen LogP contribution in [0.3, 0.4) is 0 Å². The van der Waals surface area contributed by atoms with Gasteiger partial charge < -0.3 is 14.4 Å². The average Bonchev–Trinajstić information content (AvgIpc) is 2.74. The lowest BCUT2D eigenvalue weighted by Gasteiger charge is -2.36. The molecular formula is C23H24FN3O2. The summed E-state index contributed by atoms with van der Waals surface area (Å²) in [5.41, 5.74) is 2.79. The third-order valence-electron chi connectivity index (χ3n) is 5.57. The van der Waals surface area contributed by atoms with Crippen molar-refractivity contribution in [3.8, 4) is 0 Å². The first-order valence-corrected chi connectivity index (χ1v) is 9.91. The van der Waals surface area contributed by atoms with Gasteiger partial charge in [0.2, 0.25) is 5.43 Å². The number of fused-ring (bicyclic) bond motifs is 1. The summed E-state index contributed by atoms with van der Waals surface area (Å²) < 4.78 is 15.1. The molecule has 4 rings (SSSR count). The normalized spacial score (nSPS) is 14.4. The van der Waals surface area contributed by atoms with Crippen LogP contribution in [0.25, 0.3) is 10.9 Å². The molecule has 2 heterocycles. The predicted molar refractivity (Wildman–Crippen MR) is 113 cm³/mol. The Bertz CT molecular complexity index is 1110. The molecule has 1 aliphatic heterocycles. The molecule has 150 valence electrons. The van der Waals surface area contributed by atoms with Crippen LogP contribution in [0, 0.1) is 12.7 Å². The summed E-state index contributed by atoms with van der Waals surface area (Å²) in [7, 11) is 0. The molecular weight excluding hydrogens is 369 g/mol. The van der Waals surface area contributed by atoms with Crippen molar-refractivity contribution in [1.82, 2.24) is 9.47 Å². The molecule has 0 radical (unpaired) electrons. The van der Waals surface area contributed by atoms with Crippen molar-refractivity contribution in [1.29, 1.82) is 0 Å². The van der Waals surface area contributed by atoms with Gasteiger partial charge in [-0.3, -0.25) is 9.59 Å². The molecule has 1 amide bonds. The summed E-state index contributed by atoms with van der Waals surface area (Å²) in [4.78, 5) is 30.1. The Kier molecular flexibility index (Phi) is 5.09. The van der Waals surface area contributed by atoms with E-state index in [1.54, 1.807) is 23.2 Å². The topological polar surface area (TPSA) is 45.6 Å². The molecule has 0 aliphatic carbocycles. The SMILES string of the molecule is CCn1cc(C(=O)N2CCN(c3ccc(F)cc3)CC2)c(=O)c2cc(C)ccc21. The molecule has 1 saturated heterocycles. The number of halogens is 1. The Labute approximate surface area is 169 Å². The zero-order chi connectivity index (χ0) is 20.5. The van der Waals surface area contributed by atoms with Crippen molar-refractivity contribution < 1.29 is 9.18 Å². The monoisotopic (exact) mass is 393 g/mol. The Balaban J connectivity index is 1.59. The maximum atomic E-state index is 13.1. The van der Waals surface area contributed by atoms with Crippen LogP contribution in [0.5, 0.6) is 0 Å². The van der Waals surface area contributed by atoms with E-state index in [9.17, 15) is 14.0 Å². The summed E-state index contributed by atoms with van der Waals surface area (Å²) in [5, 5.41) is 0.586. The number of nitrogens with zero attached hydrogens (tertiary/aromatic N) is 3. The van der Waals surface area contributed by atoms with Crippen molar-refractivity contribution in [3.63, 3.8) is 0 Å². The van der Waals surface area contributed by atoms with Gasteiger partial charge in [0.15, 0.2) is 0 Å². The highest BCUT2D eigenvalue weighted by Gasteiger charge is 2.25. The number of hydrogen-bond acceptors (Lipinski definition) is 3. The first kappa shape index (κ1) is 19.2. The summed E-state index contributed by atoms with van der Waals surface area (Å²) in [5.74, 6) is -0.485. The van der Waals surface area contributed by atoms with E-state index in [0.29, 0.717) is 38.1 Å². The number of benzene rings is 2. The van der Waals surface area contributed by atoms with E-state index >= 15 is 0 Å². The third kappa shape index (κ3) is 3.62. The number of aryl methyl sites for hydroxylation is 2. The molecule has 5 nitrogen and oxygen atoms in total. The second-order valence-corrected chi connectivity index (χ2v) is 7.43. The van der Waals surface area contributed by atoms with Crippen LogP contribution in [-0.4, -0.2) is 41.6 Å². The van der Waals surface area contributed by atoms with Gasteiger partial charge in [0.05, 0.1) is 5.52 Å². The molecule has 2 aromatic carbocycles. The molecule has 0 N–H and O–H groups in total. The Morgan fingerprint density at radius 3 is 2.38 bits per heavy atom. The highest BCUT2D eigenvalue weighted by molar-refractivity contribution is 5.97. The van der Waals surface area contributed by atoms with Crippen molar-refractivity contribution in [2.75, 3.05) is 31.1 Å². The standard InChI is InChI=1S/C23H24FN3O2/c1-3-25-15-20(22(28)19-14-16(2)4-9-21(19)25)23(29)27-12-10-26(11-13-27)18-7-5-17(24)6-8-18/h4-9,14-15H,3,10-13H2,1-2H3. The van der Waals surface area contributed by atoms with Gasteiger partial charge in [-0.05, 0) is 50.2 Å². The van der Waals surface area contributed by atoms with E-state index in [2.05, 4.69) is 4.90 Å². The minimum atomic E-state index is -0.263. The summed E-state index contributed by atoms with van der Waals surface area (Å²) >= 11 is 0. The van der Waals surface area contributed by atoms with Gasteiger partial charge >= 0.3 is 0 Å². The quantitative estimate of drug-likeness (QED) is 0.685. The number of amides is 1. The maximum Gasteiger partial charge on any atom is 0.259 e. The number of pyridine rings is 1. The highest BCUT2D eigenvalue weighted by Crippen LogP contribution is 2.19. The van der Waals surface area contributed by atoms with Gasteiger partial charge in [-0.1, -0.05) is 11.6 Å². The zero-order valence-corrected chi connectivity index (χ0v) is 16.7. The van der Waals surface area contributed by atoms with E-state index in [0.717, 1.165) is 16.8 Å². The zero-order valence-electron chi connectivity index (χ0n) is 16.7. The predicted octanol–water partition coefficient (Wildman–Crippen LogP) is 3.43. The maximum absolute atomic E-state index is 13.1. The smallest absolute Gasteiger partial charge is 0.259 e. The number of hydrogen-bond donors (Lipinski definition) is 0. The van der Waals surface area contributed by atoms with E-state index < -0.39 is 0 Å². The Morgan fingerprint density at radius 1 is 1.03 bits per heavy atom. The lowest BCUT2D eigenvalue weighted by atomic mass is 10.1. The van der Waals surface area contributed by atoms with Crippen LogP contribution in [0.4, 0.5) is 10.1 Å². The number of rotatable bonds is 3. The fourth-order valence-electron chi connectivity index (χ4n) is 3.92. The van der Waals surface area contributed by atoms with Crippen LogP contribution >= 0.6 is 0 Å². The minimum Gasteiger partial charge on any atom is -0.368 e. The van der Waals surface area contributed by atoms with Crippen molar-refractivity contribution in [2.45, 2.75) is 20.4 Å². The van der Waals surface area contributed by atoms with Gasteiger partial charge in [-0.25, -0.2) is 4.39 Å². The number of carbonyl (C=O) groups is 1. The molecule has 1 aliphatic rings. The number of aromatic nitrogens is 1. The summed E-state index contributed by atoms with van der Waals surface area (Å²) in [6.07, 6.45) is 1.69. The van der Waals surface area contributed by atoms with E-state index in [1.807, 2.05) is 36.6 Å². The van der Waals surface area contributed by atoms with Crippen molar-refractivity contribution >= 4 is 22.5 Å². The van der Waals surface area contributed by atoms with Gasteiger partial charge in [0, 0.05) is 50.0 Å². The van der Waals surface area contributed by atoms with Crippen molar-refractivity contribution in [2.24, 2.45) is 0 Å². The molecule has 0 saturated carbocycles. The van der Waals surface area contributed by atoms with Crippen LogP contribution in [-0.2, 0) is 6.54 Å². The molecule has 6 heteroatoms. The van der Waals surface area contributed by atoms with Crippen LogP contribution in [0.2, 0.25) is 0 Å². The lowest BCUT2D eigenvalue weighted by Crippen LogP contribution is -2.49. The highest BCUT2D eigenvalue weighted by atomic mass is 19.1. The second kappa shape index (κ2) is 7.70. The minimum absolute atomic E-state index is 0.209. The van der Waals surface area contributed by atoms with Gasteiger partial charge in [0.25, 0.3) is 5.91 Å². The van der Waals surface area contributed by atoms with Gasteiger partial charge in [-0.15, -0.1) is 0 Å². The molecule has 0 unspecified atom stereocenters. The number of piperazine rings is 1. The first-order chi connectivity index (χ1) is 14.0. The van der Waals surface area contributed by atoms with Crippen LogP contribution < -0.4 is 10.3 Å². The lowest BCUT2D eigenvalue weighted by molar-refractivity contribution is 0.0745. The van der Waals surface area contributed by atoms with E-state index in [-0.39, 0.29) is 22.7 Å². The fraction of sp³-hybridized carbons (Fsp3) is 0.304. The summed E-state index contributed by atoms with van der Waals surface area (Å²) in [6, 6.07) is 12.1. The Morgan fingerprint density at radius 2 is 1.72 bits per heavy atom. The molecule has 1 fully saturated rings. The second-order valence-electron chi connectivity index (χ2n) is 7.43. The van der Waals surface area contributed by atoms with Gasteiger partial charge in [0.1, 0.15) is 11.4 Å². The van der Waals surface area contributed by atoms with Crippen molar-refractivity contribution in [3.05, 3.63) is 75.8 Å². The molecule has 29 heavy (non-hydrogen) atoms. The molecule has 0 bridgehead atoms. The largest absolute Gasteiger partial charge is 0.368 e. The third-order valence-corrected chi connectivity index (χ3v) is 5.57. The first-order valence-electron chi connectivity index (χ1n) is 9.91. The molecule has 3 aromatic rings. The molecule has 1 aromatic heterocycles. The average molecular weight is 393 g/mol. The van der Waals surface area contributed by atoms with Crippen LogP contribution in [0.15, 0.2) is 53.5 Å². The fourth-order valence-corrected chi connectivity index (χ4v) is 3.92. The number of carbonyl (C=O) groups excluding carboxylic acids is 1. The molecule has 0 atom stereocenters. The molecule has 0 spiro atoms. The van der Waals surface area contributed by atoms with E-state index in [1.165, 1.54) is 12.1 Å². The van der Waals surface area contributed by atoms with E-state index in [4.69, 9.17) is 0 Å². The number of anilines is 1. The Hall–Kier alpha value is -3.15. The van der Waals surface area contributed by atoms with Gasteiger partial charge in [-0.2, -0.15) is 0 Å². The summed E-state index contributed by atoms with van der Waals surface area (Å²) in [6.45, 7) is 6.95.